The Kier molecular flexibility index (Phi) is 5.86. The highest BCUT2D eigenvalue weighted by Gasteiger charge is 2.31. The second-order valence-corrected chi connectivity index (χ2v) is 4.87. The van der Waals surface area contributed by atoms with E-state index in [4.69, 9.17) is 4.74 Å². The van der Waals surface area contributed by atoms with E-state index in [1.807, 2.05) is 19.9 Å². The smallest absolute Gasteiger partial charge is 0.349 e. The Morgan fingerprint density at radius 1 is 1.15 bits per heavy atom. The van der Waals surface area contributed by atoms with Gasteiger partial charge in [-0.2, -0.15) is 0 Å². The van der Waals surface area contributed by atoms with Crippen molar-refractivity contribution in [3.63, 3.8) is 0 Å². The van der Waals surface area contributed by atoms with Crippen molar-refractivity contribution in [2.75, 3.05) is 0 Å². The van der Waals surface area contributed by atoms with Gasteiger partial charge in [-0.25, -0.2) is 9.18 Å². The number of esters is 1. The second kappa shape index (κ2) is 7.17. The van der Waals surface area contributed by atoms with Crippen molar-refractivity contribution in [1.82, 2.24) is 0 Å². The SMILES string of the molecule is CCc1cccc(CC)c1C(=O)C(F)C(=O)OC(C)C. The molecule has 110 valence electrons. The summed E-state index contributed by atoms with van der Waals surface area (Å²) in [6, 6.07) is 5.41. The maximum atomic E-state index is 14.0. The lowest BCUT2D eigenvalue weighted by Crippen LogP contribution is -2.31. The Balaban J connectivity index is 3.11. The van der Waals surface area contributed by atoms with Gasteiger partial charge in [-0.1, -0.05) is 32.0 Å². The van der Waals surface area contributed by atoms with Crippen LogP contribution in [0, 0.1) is 0 Å². The van der Waals surface area contributed by atoms with Crippen LogP contribution in [-0.2, 0) is 22.4 Å². The summed E-state index contributed by atoms with van der Waals surface area (Å²) in [7, 11) is 0. The van der Waals surface area contributed by atoms with Crippen LogP contribution >= 0.6 is 0 Å². The summed E-state index contributed by atoms with van der Waals surface area (Å²) in [6.07, 6.45) is -1.47. The predicted molar refractivity (Wildman–Crippen MR) is 75.7 cm³/mol. The van der Waals surface area contributed by atoms with E-state index in [1.165, 1.54) is 0 Å². The Bertz CT molecular complexity index is 472. The summed E-state index contributed by atoms with van der Waals surface area (Å²) in [5.74, 6) is -1.91. The Morgan fingerprint density at radius 3 is 2.05 bits per heavy atom. The average Bonchev–Trinajstić information content (AvgIpc) is 2.43. The van der Waals surface area contributed by atoms with Gasteiger partial charge in [-0.3, -0.25) is 4.79 Å². The van der Waals surface area contributed by atoms with Gasteiger partial charge in [-0.15, -0.1) is 0 Å². The van der Waals surface area contributed by atoms with Crippen molar-refractivity contribution < 1.29 is 18.7 Å². The molecule has 0 heterocycles. The van der Waals surface area contributed by atoms with Crippen molar-refractivity contribution in [2.45, 2.75) is 52.8 Å². The number of hydrogen-bond donors (Lipinski definition) is 0. The third-order valence-corrected chi connectivity index (χ3v) is 3.03. The zero-order valence-electron chi connectivity index (χ0n) is 12.4. The second-order valence-electron chi connectivity index (χ2n) is 4.87. The molecule has 0 aromatic heterocycles. The standard InChI is InChI=1S/C16H21FO3/c1-5-11-8-7-9-12(6-2)13(11)15(18)14(17)16(19)20-10(3)4/h7-10,14H,5-6H2,1-4H3. The highest BCUT2D eigenvalue weighted by molar-refractivity contribution is 6.12. The number of alkyl halides is 1. The molecule has 20 heavy (non-hydrogen) atoms. The molecule has 0 radical (unpaired) electrons. The van der Waals surface area contributed by atoms with E-state index in [0.717, 1.165) is 11.1 Å². The maximum Gasteiger partial charge on any atom is 0.349 e. The van der Waals surface area contributed by atoms with Gasteiger partial charge >= 0.3 is 5.97 Å². The Labute approximate surface area is 119 Å². The summed E-state index contributed by atoms with van der Waals surface area (Å²) in [5, 5.41) is 0. The number of benzene rings is 1. The molecule has 0 bridgehead atoms. The minimum Gasteiger partial charge on any atom is -0.460 e. The molecule has 0 aliphatic carbocycles. The van der Waals surface area contributed by atoms with Gasteiger partial charge in [0.2, 0.25) is 5.78 Å². The van der Waals surface area contributed by atoms with Gasteiger partial charge in [0.05, 0.1) is 6.10 Å². The van der Waals surface area contributed by atoms with Crippen molar-refractivity contribution >= 4 is 11.8 Å². The number of ether oxygens (including phenoxy) is 1. The van der Waals surface area contributed by atoms with Crippen molar-refractivity contribution in [1.29, 1.82) is 0 Å². The highest BCUT2D eigenvalue weighted by Crippen LogP contribution is 2.20. The fraction of sp³-hybridized carbons (Fsp3) is 0.500. The third kappa shape index (κ3) is 3.65. The van der Waals surface area contributed by atoms with Gasteiger partial charge in [0.15, 0.2) is 0 Å². The lowest BCUT2D eigenvalue weighted by molar-refractivity contribution is -0.151. The fourth-order valence-electron chi connectivity index (χ4n) is 2.08. The first-order chi connectivity index (χ1) is 9.42. The molecule has 1 aromatic carbocycles. The third-order valence-electron chi connectivity index (χ3n) is 3.03. The average molecular weight is 280 g/mol. The molecule has 4 heteroatoms. The first kappa shape index (κ1) is 16.3. The topological polar surface area (TPSA) is 43.4 Å². The van der Waals surface area contributed by atoms with Crippen molar-refractivity contribution in [3.8, 4) is 0 Å². The highest BCUT2D eigenvalue weighted by atomic mass is 19.1. The Morgan fingerprint density at radius 2 is 1.65 bits per heavy atom. The molecular weight excluding hydrogens is 259 g/mol. The van der Waals surface area contributed by atoms with Crippen LogP contribution in [0.25, 0.3) is 0 Å². The van der Waals surface area contributed by atoms with Crippen LogP contribution in [0.3, 0.4) is 0 Å². The van der Waals surface area contributed by atoms with E-state index in [1.54, 1.807) is 26.0 Å². The molecule has 0 fully saturated rings. The summed E-state index contributed by atoms with van der Waals surface area (Å²) in [5.41, 5.74) is 1.84. The van der Waals surface area contributed by atoms with Crippen LogP contribution in [0.2, 0.25) is 0 Å². The van der Waals surface area contributed by atoms with Gasteiger partial charge < -0.3 is 4.74 Å². The summed E-state index contributed by atoms with van der Waals surface area (Å²) in [6.45, 7) is 7.02. The largest absolute Gasteiger partial charge is 0.460 e. The molecule has 1 unspecified atom stereocenters. The molecule has 1 rings (SSSR count). The molecule has 0 aliphatic heterocycles. The van der Waals surface area contributed by atoms with Crippen LogP contribution in [0.5, 0.6) is 0 Å². The van der Waals surface area contributed by atoms with Crippen molar-refractivity contribution in [3.05, 3.63) is 34.9 Å². The molecule has 0 saturated carbocycles. The first-order valence-corrected chi connectivity index (χ1v) is 6.91. The van der Waals surface area contributed by atoms with Gasteiger partial charge in [0.1, 0.15) is 0 Å². The lowest BCUT2D eigenvalue weighted by Gasteiger charge is -2.15. The van der Waals surface area contributed by atoms with Crippen molar-refractivity contribution in [2.24, 2.45) is 0 Å². The van der Waals surface area contributed by atoms with Crippen LogP contribution in [0.4, 0.5) is 4.39 Å². The maximum absolute atomic E-state index is 14.0. The van der Waals surface area contributed by atoms with E-state index in [9.17, 15) is 14.0 Å². The molecular formula is C16H21FO3. The van der Waals surface area contributed by atoms with Gasteiger partial charge in [0.25, 0.3) is 6.17 Å². The number of ketones is 1. The van der Waals surface area contributed by atoms with E-state index in [0.29, 0.717) is 18.4 Å². The quantitative estimate of drug-likeness (QED) is 0.456. The summed E-state index contributed by atoms with van der Waals surface area (Å²) >= 11 is 0. The molecule has 0 N–H and O–H groups in total. The molecule has 1 atom stereocenters. The number of aryl methyl sites for hydroxylation is 2. The number of halogens is 1. The number of rotatable bonds is 6. The fourth-order valence-corrected chi connectivity index (χ4v) is 2.08. The zero-order valence-corrected chi connectivity index (χ0v) is 12.4. The Hall–Kier alpha value is -1.71. The van der Waals surface area contributed by atoms with E-state index in [2.05, 4.69) is 0 Å². The molecule has 3 nitrogen and oxygen atoms in total. The van der Waals surface area contributed by atoms with Crippen LogP contribution in [0.15, 0.2) is 18.2 Å². The molecule has 0 amide bonds. The minimum absolute atomic E-state index is 0.325. The number of hydrogen-bond acceptors (Lipinski definition) is 3. The molecule has 1 aromatic rings. The lowest BCUT2D eigenvalue weighted by atomic mass is 9.92. The van der Waals surface area contributed by atoms with Crippen LogP contribution < -0.4 is 0 Å². The van der Waals surface area contributed by atoms with E-state index in [-0.39, 0.29) is 0 Å². The first-order valence-electron chi connectivity index (χ1n) is 6.91. The number of carbonyl (C=O) groups is 2. The zero-order chi connectivity index (χ0) is 15.3. The van der Waals surface area contributed by atoms with E-state index < -0.39 is 24.0 Å². The van der Waals surface area contributed by atoms with Crippen LogP contribution in [0.1, 0.15) is 49.2 Å². The molecule has 0 saturated heterocycles. The number of carbonyl (C=O) groups excluding carboxylic acids is 2. The van der Waals surface area contributed by atoms with Gasteiger partial charge in [-0.05, 0) is 37.8 Å². The summed E-state index contributed by atoms with van der Waals surface area (Å²) < 4.78 is 18.8. The molecule has 0 spiro atoms. The van der Waals surface area contributed by atoms with Crippen LogP contribution in [-0.4, -0.2) is 24.0 Å². The van der Waals surface area contributed by atoms with Gasteiger partial charge in [0, 0.05) is 5.56 Å². The predicted octanol–water partition coefficient (Wildman–Crippen LogP) is 3.28. The monoisotopic (exact) mass is 280 g/mol. The normalized spacial score (nSPS) is 12.3. The van der Waals surface area contributed by atoms with E-state index >= 15 is 0 Å². The minimum atomic E-state index is -2.25. The number of Topliss-reactive ketones (excluding diaryl/α,β-unsaturated/α-hetero) is 1. The summed E-state index contributed by atoms with van der Waals surface area (Å²) in [4.78, 5) is 23.8. The molecule has 0 aliphatic rings.